The van der Waals surface area contributed by atoms with E-state index in [1.165, 1.54) is 11.1 Å². The third-order valence-corrected chi connectivity index (χ3v) is 5.26. The Morgan fingerprint density at radius 1 is 1.30 bits per heavy atom. The lowest BCUT2D eigenvalue weighted by Gasteiger charge is -2.47. The van der Waals surface area contributed by atoms with Gasteiger partial charge >= 0.3 is 0 Å². The third kappa shape index (κ3) is 3.33. The smallest absolute Gasteiger partial charge is 0.160 e. The van der Waals surface area contributed by atoms with Gasteiger partial charge < -0.3 is 14.9 Å². The molecule has 0 bridgehead atoms. The summed E-state index contributed by atoms with van der Waals surface area (Å²) in [6.45, 7) is 8.67. The van der Waals surface area contributed by atoms with Gasteiger partial charge in [-0.05, 0) is 53.9 Å². The summed E-state index contributed by atoms with van der Waals surface area (Å²) in [5.41, 5.74) is 2.63. The van der Waals surface area contributed by atoms with Crippen molar-refractivity contribution < 1.29 is 14.9 Å². The van der Waals surface area contributed by atoms with E-state index in [4.69, 9.17) is 4.74 Å². The molecule has 2 aliphatic rings. The zero-order chi connectivity index (χ0) is 16.8. The van der Waals surface area contributed by atoms with Gasteiger partial charge in [-0.25, -0.2) is 0 Å². The molecule has 0 aliphatic carbocycles. The molecule has 1 aromatic rings. The van der Waals surface area contributed by atoms with Gasteiger partial charge in [0.2, 0.25) is 0 Å². The van der Waals surface area contributed by atoms with Crippen LogP contribution in [0.25, 0.3) is 0 Å². The molecule has 1 aromatic carbocycles. The Balaban J connectivity index is 1.85. The number of hydrogen-bond acceptors (Lipinski definition) is 4. The summed E-state index contributed by atoms with van der Waals surface area (Å²) in [6, 6.07) is 4.02. The molecule has 2 heterocycles. The lowest BCUT2D eigenvalue weighted by Crippen LogP contribution is -2.48. The van der Waals surface area contributed by atoms with E-state index in [9.17, 15) is 10.2 Å². The van der Waals surface area contributed by atoms with E-state index in [1.54, 1.807) is 7.11 Å². The first-order valence-electron chi connectivity index (χ1n) is 8.60. The average molecular weight is 319 g/mol. The van der Waals surface area contributed by atoms with Crippen LogP contribution in [0.1, 0.15) is 50.8 Å². The van der Waals surface area contributed by atoms with Gasteiger partial charge in [-0.3, -0.25) is 4.90 Å². The summed E-state index contributed by atoms with van der Waals surface area (Å²) in [6.07, 6.45) is 2.49. The number of fused-ring (bicyclic) bond motifs is 3. The van der Waals surface area contributed by atoms with Crippen LogP contribution in [0.4, 0.5) is 0 Å². The summed E-state index contributed by atoms with van der Waals surface area (Å²) < 4.78 is 5.27. The molecule has 2 aliphatic heterocycles. The predicted octanol–water partition coefficient (Wildman–Crippen LogP) is 3.12. The fourth-order valence-electron chi connectivity index (χ4n) is 4.26. The van der Waals surface area contributed by atoms with Crippen LogP contribution >= 0.6 is 0 Å². The van der Waals surface area contributed by atoms with Crippen molar-refractivity contribution in [3.63, 3.8) is 0 Å². The Kier molecular flexibility index (Phi) is 4.32. The van der Waals surface area contributed by atoms with Gasteiger partial charge in [0.25, 0.3) is 0 Å². The number of phenols is 1. The van der Waals surface area contributed by atoms with Crippen LogP contribution in [0.15, 0.2) is 12.1 Å². The minimum absolute atomic E-state index is 0.210. The van der Waals surface area contributed by atoms with E-state index in [-0.39, 0.29) is 23.3 Å². The van der Waals surface area contributed by atoms with Crippen molar-refractivity contribution in [3.8, 4) is 11.5 Å². The second kappa shape index (κ2) is 5.99. The summed E-state index contributed by atoms with van der Waals surface area (Å²) in [5.74, 6) is 1.07. The van der Waals surface area contributed by atoms with Gasteiger partial charge in [0.1, 0.15) is 0 Å². The first kappa shape index (κ1) is 16.6. The molecule has 0 radical (unpaired) electrons. The fraction of sp³-hybridized carbons (Fsp3) is 0.684. The maximum Gasteiger partial charge on any atom is 0.160 e. The van der Waals surface area contributed by atoms with Crippen LogP contribution in [0.2, 0.25) is 0 Å². The highest BCUT2D eigenvalue weighted by atomic mass is 16.5. The predicted molar refractivity (Wildman–Crippen MR) is 90.9 cm³/mol. The van der Waals surface area contributed by atoms with Crippen LogP contribution in [0.3, 0.4) is 0 Å². The maximum atomic E-state index is 10.7. The number of ether oxygens (including phenoxy) is 1. The van der Waals surface area contributed by atoms with Gasteiger partial charge in [-0.2, -0.15) is 0 Å². The number of methoxy groups -OCH3 is 1. The molecule has 4 heteroatoms. The molecule has 4 nitrogen and oxygen atoms in total. The summed E-state index contributed by atoms with van der Waals surface area (Å²) >= 11 is 0. The third-order valence-electron chi connectivity index (χ3n) is 5.26. The standard InChI is InChI=1S/C19H29NO3/c1-19(2,3)10-13-11-20-6-5-12-7-17(22)18(23-4)8-14(12)15(20)9-16(13)21/h7-8,13,15-16,21-22H,5-6,9-11H2,1-4H3/t13-,15-,16-/m0/s1. The average Bonchev–Trinajstić information content (AvgIpc) is 2.46. The fourth-order valence-corrected chi connectivity index (χ4v) is 4.26. The van der Waals surface area contributed by atoms with Crippen molar-refractivity contribution in [1.29, 1.82) is 0 Å². The molecule has 2 N–H and O–H groups in total. The molecule has 1 fully saturated rings. The van der Waals surface area contributed by atoms with Crippen molar-refractivity contribution in [2.24, 2.45) is 11.3 Å². The Morgan fingerprint density at radius 2 is 2.04 bits per heavy atom. The Morgan fingerprint density at radius 3 is 2.70 bits per heavy atom. The quantitative estimate of drug-likeness (QED) is 0.879. The van der Waals surface area contributed by atoms with Gasteiger partial charge in [0.05, 0.1) is 13.2 Å². The molecule has 128 valence electrons. The minimum atomic E-state index is -0.263. The van der Waals surface area contributed by atoms with Gasteiger partial charge in [-0.1, -0.05) is 20.8 Å². The van der Waals surface area contributed by atoms with Crippen molar-refractivity contribution in [1.82, 2.24) is 4.90 Å². The SMILES string of the molecule is COc1cc2c(cc1O)CCN1C[C@H](CC(C)(C)C)[C@@H](O)C[C@@H]21. The van der Waals surface area contributed by atoms with E-state index in [0.29, 0.717) is 11.7 Å². The summed E-state index contributed by atoms with van der Waals surface area (Å²) in [5, 5.41) is 20.7. The monoisotopic (exact) mass is 319 g/mol. The largest absolute Gasteiger partial charge is 0.504 e. The number of benzene rings is 1. The molecule has 0 saturated carbocycles. The second-order valence-corrected chi connectivity index (χ2v) is 8.31. The number of aliphatic hydroxyl groups is 1. The van der Waals surface area contributed by atoms with Crippen molar-refractivity contribution in [2.75, 3.05) is 20.2 Å². The highest BCUT2D eigenvalue weighted by Gasteiger charge is 2.39. The zero-order valence-electron chi connectivity index (χ0n) is 14.7. The van der Waals surface area contributed by atoms with Crippen LogP contribution in [0.5, 0.6) is 11.5 Å². The molecule has 0 aromatic heterocycles. The van der Waals surface area contributed by atoms with Gasteiger partial charge in [0.15, 0.2) is 11.5 Å². The molecular formula is C19H29NO3. The maximum absolute atomic E-state index is 10.7. The number of nitrogens with zero attached hydrogens (tertiary/aromatic N) is 1. The first-order chi connectivity index (χ1) is 10.8. The number of piperidine rings is 1. The minimum Gasteiger partial charge on any atom is -0.504 e. The Hall–Kier alpha value is -1.26. The number of phenolic OH excluding ortho intramolecular Hbond substituents is 1. The van der Waals surface area contributed by atoms with Crippen LogP contribution < -0.4 is 4.74 Å². The van der Waals surface area contributed by atoms with Crippen molar-refractivity contribution in [3.05, 3.63) is 23.3 Å². The number of hydrogen-bond donors (Lipinski definition) is 2. The topological polar surface area (TPSA) is 52.9 Å². The van der Waals surface area contributed by atoms with E-state index < -0.39 is 0 Å². The van der Waals surface area contributed by atoms with E-state index in [0.717, 1.165) is 32.4 Å². The molecule has 1 saturated heterocycles. The van der Waals surface area contributed by atoms with E-state index in [2.05, 4.69) is 25.7 Å². The normalized spacial score (nSPS) is 28.1. The zero-order valence-corrected chi connectivity index (χ0v) is 14.7. The van der Waals surface area contributed by atoms with E-state index in [1.807, 2.05) is 12.1 Å². The molecule has 0 amide bonds. The first-order valence-corrected chi connectivity index (χ1v) is 8.60. The summed E-state index contributed by atoms with van der Waals surface area (Å²) in [4.78, 5) is 2.50. The Labute approximate surface area is 139 Å². The second-order valence-electron chi connectivity index (χ2n) is 8.31. The van der Waals surface area contributed by atoms with E-state index >= 15 is 0 Å². The van der Waals surface area contributed by atoms with Gasteiger partial charge in [-0.15, -0.1) is 0 Å². The number of aliphatic hydroxyl groups excluding tert-OH is 1. The molecular weight excluding hydrogens is 290 g/mol. The molecule has 3 rings (SSSR count). The van der Waals surface area contributed by atoms with Crippen molar-refractivity contribution >= 4 is 0 Å². The van der Waals surface area contributed by atoms with Crippen LogP contribution in [-0.2, 0) is 6.42 Å². The number of aromatic hydroxyl groups is 1. The molecule has 3 atom stereocenters. The highest BCUT2D eigenvalue weighted by Crippen LogP contribution is 2.44. The van der Waals surface area contributed by atoms with Crippen molar-refractivity contribution in [2.45, 2.75) is 52.2 Å². The molecule has 0 spiro atoms. The van der Waals surface area contributed by atoms with Crippen LogP contribution in [0, 0.1) is 11.3 Å². The summed E-state index contributed by atoms with van der Waals surface area (Å²) in [7, 11) is 1.58. The Bertz CT molecular complexity index is 579. The molecule has 23 heavy (non-hydrogen) atoms. The molecule has 0 unspecified atom stereocenters. The number of rotatable bonds is 2. The highest BCUT2D eigenvalue weighted by molar-refractivity contribution is 5.48. The van der Waals surface area contributed by atoms with Crippen LogP contribution in [-0.4, -0.2) is 41.4 Å². The lowest BCUT2D eigenvalue weighted by molar-refractivity contribution is -0.0259. The van der Waals surface area contributed by atoms with Gasteiger partial charge in [0, 0.05) is 19.1 Å². The lowest BCUT2D eigenvalue weighted by atomic mass is 9.75.